The van der Waals surface area contributed by atoms with Crippen LogP contribution in [0.1, 0.15) is 72.4 Å². The first-order valence-electron chi connectivity index (χ1n) is 17.5. The number of benzene rings is 2. The molecule has 0 saturated carbocycles. The molecule has 9 nitrogen and oxygen atoms in total. The number of aliphatic hydroxyl groups excluding tert-OH is 1. The van der Waals surface area contributed by atoms with E-state index in [-0.39, 0.29) is 36.2 Å². The lowest BCUT2D eigenvalue weighted by Gasteiger charge is -2.46. The maximum absolute atomic E-state index is 15.2. The molecule has 3 fully saturated rings. The summed E-state index contributed by atoms with van der Waals surface area (Å²) in [7, 11) is 0. The number of nitrogens with zero attached hydrogens (tertiary/aromatic N) is 3. The number of ether oxygens (including phenoxy) is 2. The van der Waals surface area contributed by atoms with Gasteiger partial charge in [-0.2, -0.15) is 0 Å². The van der Waals surface area contributed by atoms with Gasteiger partial charge >= 0.3 is 0 Å². The van der Waals surface area contributed by atoms with Crippen molar-refractivity contribution in [1.82, 2.24) is 9.80 Å². The molecular weight excluding hydrogens is 618 g/mol. The molecule has 0 radical (unpaired) electrons. The monoisotopic (exact) mass is 671 g/mol. The van der Waals surface area contributed by atoms with Crippen molar-refractivity contribution < 1.29 is 29.0 Å². The normalized spacial score (nSPS) is 25.1. The Bertz CT molecular complexity index is 1530. The first-order chi connectivity index (χ1) is 23.2. The maximum atomic E-state index is 15.2. The van der Waals surface area contributed by atoms with Crippen molar-refractivity contribution in [1.29, 1.82) is 0 Å². The fraction of sp³-hybridized carbons (Fsp3) is 0.525. The molecule has 2 aromatic carbocycles. The van der Waals surface area contributed by atoms with E-state index < -0.39 is 47.8 Å². The van der Waals surface area contributed by atoms with E-state index in [1.807, 2.05) is 80.3 Å². The van der Waals surface area contributed by atoms with Gasteiger partial charge in [-0.3, -0.25) is 14.4 Å². The van der Waals surface area contributed by atoms with E-state index in [0.29, 0.717) is 42.9 Å². The van der Waals surface area contributed by atoms with Crippen molar-refractivity contribution in [3.63, 3.8) is 0 Å². The molecule has 5 rings (SSSR count). The predicted octanol–water partition coefficient (Wildman–Crippen LogP) is 5.94. The molecule has 2 unspecified atom stereocenters. The second kappa shape index (κ2) is 14.1. The van der Waals surface area contributed by atoms with E-state index in [9.17, 15) is 9.90 Å². The minimum atomic E-state index is -1.24. The first-order valence-corrected chi connectivity index (χ1v) is 17.5. The Morgan fingerprint density at radius 3 is 2.27 bits per heavy atom. The summed E-state index contributed by atoms with van der Waals surface area (Å²) >= 11 is 0. The molecule has 1 N–H and O–H groups in total. The molecule has 6 atom stereocenters. The number of likely N-dealkylation sites (tertiary alicyclic amines) is 1. The Morgan fingerprint density at radius 1 is 1.04 bits per heavy atom. The molecule has 3 aliphatic heterocycles. The van der Waals surface area contributed by atoms with E-state index in [1.165, 1.54) is 0 Å². The lowest BCUT2D eigenvalue weighted by atomic mass is 9.70. The summed E-state index contributed by atoms with van der Waals surface area (Å²) in [5.41, 5.74) is -0.579. The van der Waals surface area contributed by atoms with Gasteiger partial charge in [-0.1, -0.05) is 63.3 Å². The fourth-order valence-corrected chi connectivity index (χ4v) is 8.84. The quantitative estimate of drug-likeness (QED) is 0.250. The molecule has 0 aliphatic carbocycles. The highest BCUT2D eigenvalue weighted by atomic mass is 16.5. The van der Waals surface area contributed by atoms with Crippen LogP contribution in [0.2, 0.25) is 0 Å². The van der Waals surface area contributed by atoms with Crippen molar-refractivity contribution in [3.8, 4) is 5.75 Å². The van der Waals surface area contributed by atoms with Crippen LogP contribution >= 0.6 is 0 Å². The van der Waals surface area contributed by atoms with Gasteiger partial charge < -0.3 is 29.3 Å². The van der Waals surface area contributed by atoms with Crippen LogP contribution in [0.3, 0.4) is 0 Å². The number of carbonyl (C=O) groups is 3. The van der Waals surface area contributed by atoms with Crippen molar-refractivity contribution in [2.24, 2.45) is 17.3 Å². The first kappa shape index (κ1) is 36.3. The Morgan fingerprint density at radius 2 is 1.69 bits per heavy atom. The molecule has 2 bridgehead atoms. The lowest BCUT2D eigenvalue weighted by molar-refractivity contribution is -0.155. The molecule has 2 aromatic rings. The van der Waals surface area contributed by atoms with Crippen LogP contribution in [0.4, 0.5) is 5.69 Å². The SMILES string of the molecule is C=CCN(C(=O)[C@@H]1[C@H]2C(=O)N([C@H](CO)c3ccccc3)C(C(=O)N(CC=C)C(C)(C)CC(C)(C)C)C23CC[C@H]1O3)c1ccc(OCC)cc1. The third kappa shape index (κ3) is 6.67. The van der Waals surface area contributed by atoms with Crippen LogP contribution in [0.5, 0.6) is 5.75 Å². The summed E-state index contributed by atoms with van der Waals surface area (Å²) in [6.07, 6.45) is 4.52. The van der Waals surface area contributed by atoms with Gasteiger partial charge in [0.1, 0.15) is 17.4 Å². The Hall–Kier alpha value is -3.95. The van der Waals surface area contributed by atoms with Gasteiger partial charge in [0, 0.05) is 24.3 Å². The topological polar surface area (TPSA) is 99.6 Å². The third-order valence-corrected chi connectivity index (χ3v) is 10.3. The van der Waals surface area contributed by atoms with Gasteiger partial charge in [0.25, 0.3) is 0 Å². The molecule has 3 aliphatic rings. The van der Waals surface area contributed by atoms with Gasteiger partial charge in [0.05, 0.1) is 37.2 Å². The molecule has 264 valence electrons. The van der Waals surface area contributed by atoms with Crippen LogP contribution in [-0.2, 0) is 19.1 Å². The van der Waals surface area contributed by atoms with Gasteiger partial charge in [-0.05, 0) is 75.3 Å². The van der Waals surface area contributed by atoms with E-state index in [4.69, 9.17) is 9.47 Å². The minimum absolute atomic E-state index is 0.0951. The number of aliphatic hydroxyl groups is 1. The van der Waals surface area contributed by atoms with Crippen LogP contribution < -0.4 is 9.64 Å². The zero-order chi connectivity index (χ0) is 35.7. The largest absolute Gasteiger partial charge is 0.494 e. The van der Waals surface area contributed by atoms with Crippen LogP contribution in [-0.4, -0.2) is 82.2 Å². The Balaban J connectivity index is 1.62. The van der Waals surface area contributed by atoms with Crippen molar-refractivity contribution in [2.45, 2.75) is 90.1 Å². The summed E-state index contributed by atoms with van der Waals surface area (Å²) in [5, 5.41) is 10.9. The third-order valence-electron chi connectivity index (χ3n) is 10.3. The Kier molecular flexibility index (Phi) is 10.5. The number of hydrogen-bond donors (Lipinski definition) is 1. The summed E-state index contributed by atoms with van der Waals surface area (Å²) in [4.78, 5) is 49.9. The Labute approximate surface area is 291 Å². The van der Waals surface area contributed by atoms with E-state index >= 15 is 9.59 Å². The number of amides is 3. The van der Waals surface area contributed by atoms with Crippen molar-refractivity contribution in [2.75, 3.05) is 31.2 Å². The second-order valence-electron chi connectivity index (χ2n) is 15.4. The molecule has 1 spiro atoms. The molecule has 3 heterocycles. The van der Waals surface area contributed by atoms with Crippen LogP contribution in [0.15, 0.2) is 79.9 Å². The zero-order valence-electron chi connectivity index (χ0n) is 29.9. The van der Waals surface area contributed by atoms with Gasteiger partial charge in [0.2, 0.25) is 17.7 Å². The highest BCUT2D eigenvalue weighted by Gasteiger charge is 2.76. The zero-order valence-corrected chi connectivity index (χ0v) is 29.9. The van der Waals surface area contributed by atoms with E-state index in [0.717, 1.165) is 0 Å². The predicted molar refractivity (Wildman–Crippen MR) is 191 cm³/mol. The molecule has 49 heavy (non-hydrogen) atoms. The molecular formula is C40H53N3O6. The van der Waals surface area contributed by atoms with Crippen molar-refractivity contribution >= 4 is 23.4 Å². The summed E-state index contributed by atoms with van der Waals surface area (Å²) in [5.74, 6) is -1.90. The number of fused-ring (bicyclic) bond motifs is 1. The second-order valence-corrected chi connectivity index (χ2v) is 15.4. The molecule has 0 aromatic heterocycles. The number of hydrogen-bond acceptors (Lipinski definition) is 6. The minimum Gasteiger partial charge on any atom is -0.494 e. The van der Waals surface area contributed by atoms with Crippen LogP contribution in [0, 0.1) is 17.3 Å². The smallest absolute Gasteiger partial charge is 0.249 e. The number of anilines is 1. The lowest BCUT2D eigenvalue weighted by Crippen LogP contribution is -2.61. The highest BCUT2D eigenvalue weighted by Crippen LogP contribution is 2.60. The summed E-state index contributed by atoms with van der Waals surface area (Å²) in [6, 6.07) is 14.7. The van der Waals surface area contributed by atoms with Gasteiger partial charge in [-0.25, -0.2) is 0 Å². The average Bonchev–Trinajstić information content (AvgIpc) is 3.70. The van der Waals surface area contributed by atoms with Gasteiger partial charge in [0.15, 0.2) is 0 Å². The van der Waals surface area contributed by atoms with Crippen molar-refractivity contribution in [3.05, 3.63) is 85.5 Å². The van der Waals surface area contributed by atoms with E-state index in [1.54, 1.807) is 22.0 Å². The maximum Gasteiger partial charge on any atom is 0.249 e. The highest BCUT2D eigenvalue weighted by molar-refractivity contribution is 6.03. The number of rotatable bonds is 14. The average molecular weight is 672 g/mol. The fourth-order valence-electron chi connectivity index (χ4n) is 8.84. The standard InChI is InChI=1S/C40H53N3O6/c1-9-23-41(28-17-19-29(20-18-28)48-11-3)35(45)32-31-21-22-40(49-31)33(32)36(46)43(30(25-44)27-15-13-12-14-16-27)34(40)37(47)42(24-10-2)39(7,8)26-38(4,5)6/h9-10,12-20,30-34,44H,1-2,11,21-26H2,3-8H3/t30-,31-,32+,33+,34?,40?/m1/s1. The summed E-state index contributed by atoms with van der Waals surface area (Å²) in [6.45, 7) is 20.9. The molecule has 9 heteroatoms. The molecule has 3 saturated heterocycles. The van der Waals surface area contributed by atoms with Gasteiger partial charge in [-0.15, -0.1) is 13.2 Å². The van der Waals surface area contributed by atoms with E-state index in [2.05, 4.69) is 33.9 Å². The molecule has 3 amide bonds. The van der Waals surface area contributed by atoms with Crippen LogP contribution in [0.25, 0.3) is 0 Å². The number of carbonyl (C=O) groups excluding carboxylic acids is 3. The summed E-state index contributed by atoms with van der Waals surface area (Å²) < 4.78 is 12.4.